The second-order valence-corrected chi connectivity index (χ2v) is 3.86. The molecule has 0 bridgehead atoms. The fourth-order valence-corrected chi connectivity index (χ4v) is 1.46. The zero-order valence-electron chi connectivity index (χ0n) is 8.79. The highest BCUT2D eigenvalue weighted by atomic mass is 35.5. The van der Waals surface area contributed by atoms with Crippen LogP contribution in [0.25, 0.3) is 0 Å². The highest BCUT2D eigenvalue weighted by molar-refractivity contribution is 6.30. The Hall–Kier alpha value is -1.61. The van der Waals surface area contributed by atoms with Gasteiger partial charge in [0, 0.05) is 11.6 Å². The van der Waals surface area contributed by atoms with Crippen LogP contribution in [0.5, 0.6) is 5.75 Å². The van der Waals surface area contributed by atoms with Gasteiger partial charge < -0.3 is 4.74 Å². The Balaban J connectivity index is 2.08. The van der Waals surface area contributed by atoms with Crippen molar-refractivity contribution in [1.82, 2.24) is 0 Å². The Labute approximate surface area is 103 Å². The third-order valence-corrected chi connectivity index (χ3v) is 2.55. The molecular formula is C13H9ClF2O. The van der Waals surface area contributed by atoms with Gasteiger partial charge in [0.15, 0.2) is 0 Å². The Morgan fingerprint density at radius 1 is 1.00 bits per heavy atom. The van der Waals surface area contributed by atoms with Crippen LogP contribution in [-0.2, 0) is 6.61 Å². The van der Waals surface area contributed by atoms with Crippen molar-refractivity contribution in [3.05, 3.63) is 64.7 Å². The molecule has 1 nitrogen and oxygen atoms in total. The van der Waals surface area contributed by atoms with Crippen LogP contribution in [-0.4, -0.2) is 0 Å². The normalized spacial score (nSPS) is 10.3. The first kappa shape index (κ1) is 11.9. The van der Waals surface area contributed by atoms with Gasteiger partial charge >= 0.3 is 0 Å². The van der Waals surface area contributed by atoms with E-state index in [4.69, 9.17) is 16.3 Å². The molecule has 88 valence electrons. The standard InChI is InChI=1S/C13H9ClF2O/c14-11-6-5-10(7-13(11)16)17-8-9-3-1-2-4-12(9)15/h1-7H,8H2. The van der Waals surface area contributed by atoms with Crippen molar-refractivity contribution in [2.24, 2.45) is 0 Å². The Morgan fingerprint density at radius 3 is 2.47 bits per heavy atom. The lowest BCUT2D eigenvalue weighted by Crippen LogP contribution is -1.98. The van der Waals surface area contributed by atoms with E-state index in [0.717, 1.165) is 0 Å². The lowest BCUT2D eigenvalue weighted by molar-refractivity contribution is 0.298. The number of hydrogen-bond donors (Lipinski definition) is 0. The molecule has 2 aromatic rings. The fourth-order valence-electron chi connectivity index (χ4n) is 1.34. The number of halogens is 3. The minimum atomic E-state index is -0.558. The number of hydrogen-bond acceptors (Lipinski definition) is 1. The second-order valence-electron chi connectivity index (χ2n) is 3.46. The van der Waals surface area contributed by atoms with Gasteiger partial charge in [-0.1, -0.05) is 29.8 Å². The van der Waals surface area contributed by atoms with Crippen LogP contribution in [0.4, 0.5) is 8.78 Å². The Kier molecular flexibility index (Phi) is 3.59. The molecule has 0 aliphatic heterocycles. The van der Waals surface area contributed by atoms with Crippen molar-refractivity contribution in [3.63, 3.8) is 0 Å². The van der Waals surface area contributed by atoms with E-state index in [2.05, 4.69) is 0 Å². The minimum absolute atomic E-state index is 0.0308. The van der Waals surface area contributed by atoms with Crippen molar-refractivity contribution in [2.75, 3.05) is 0 Å². The van der Waals surface area contributed by atoms with Gasteiger partial charge in [-0.2, -0.15) is 0 Å². The molecule has 0 spiro atoms. The largest absolute Gasteiger partial charge is 0.489 e. The average molecular weight is 255 g/mol. The van der Waals surface area contributed by atoms with Crippen LogP contribution in [0.3, 0.4) is 0 Å². The van der Waals surface area contributed by atoms with Gasteiger partial charge in [0.1, 0.15) is 24.0 Å². The first-order valence-electron chi connectivity index (χ1n) is 4.98. The van der Waals surface area contributed by atoms with Crippen molar-refractivity contribution in [1.29, 1.82) is 0 Å². The Bertz CT molecular complexity index is 529. The quantitative estimate of drug-likeness (QED) is 0.798. The number of ether oxygens (including phenoxy) is 1. The summed E-state index contributed by atoms with van der Waals surface area (Å²) in [6, 6.07) is 10.4. The molecule has 0 fully saturated rings. The summed E-state index contributed by atoms with van der Waals surface area (Å²) in [5, 5.41) is 0.0308. The SMILES string of the molecule is Fc1cc(OCc2ccccc2F)ccc1Cl. The molecule has 0 aliphatic rings. The van der Waals surface area contributed by atoms with Gasteiger partial charge in [-0.3, -0.25) is 0 Å². The van der Waals surface area contributed by atoms with Crippen molar-refractivity contribution in [2.45, 2.75) is 6.61 Å². The fraction of sp³-hybridized carbons (Fsp3) is 0.0769. The third-order valence-electron chi connectivity index (χ3n) is 2.24. The maximum atomic E-state index is 13.3. The molecule has 17 heavy (non-hydrogen) atoms. The maximum Gasteiger partial charge on any atom is 0.145 e. The summed E-state index contributed by atoms with van der Waals surface area (Å²) in [5.41, 5.74) is 0.419. The third kappa shape index (κ3) is 2.94. The van der Waals surface area contributed by atoms with Gasteiger partial charge in [-0.05, 0) is 18.2 Å². The molecular weight excluding hydrogens is 246 g/mol. The number of rotatable bonds is 3. The smallest absolute Gasteiger partial charge is 0.145 e. The van der Waals surface area contributed by atoms with E-state index in [1.165, 1.54) is 24.3 Å². The molecule has 2 aromatic carbocycles. The van der Waals surface area contributed by atoms with E-state index in [1.807, 2.05) is 0 Å². The zero-order chi connectivity index (χ0) is 12.3. The molecule has 0 radical (unpaired) electrons. The summed E-state index contributed by atoms with van der Waals surface area (Å²) in [5.74, 6) is -0.588. The van der Waals surface area contributed by atoms with Gasteiger partial charge in [0.2, 0.25) is 0 Å². The van der Waals surface area contributed by atoms with Crippen LogP contribution >= 0.6 is 11.6 Å². The van der Waals surface area contributed by atoms with Crippen LogP contribution < -0.4 is 4.74 Å². The maximum absolute atomic E-state index is 13.3. The van der Waals surface area contributed by atoms with Crippen LogP contribution in [0, 0.1) is 11.6 Å². The van der Waals surface area contributed by atoms with Crippen LogP contribution in [0.2, 0.25) is 5.02 Å². The van der Waals surface area contributed by atoms with Crippen LogP contribution in [0.15, 0.2) is 42.5 Å². The summed E-state index contributed by atoms with van der Waals surface area (Å²) in [6.07, 6.45) is 0. The predicted octanol–water partition coefficient (Wildman–Crippen LogP) is 4.20. The van der Waals surface area contributed by atoms with Crippen molar-refractivity contribution >= 4 is 11.6 Å². The van der Waals surface area contributed by atoms with Gasteiger partial charge in [0.25, 0.3) is 0 Å². The van der Waals surface area contributed by atoms with E-state index in [-0.39, 0.29) is 17.4 Å². The monoisotopic (exact) mass is 254 g/mol. The molecule has 0 saturated carbocycles. The summed E-state index contributed by atoms with van der Waals surface area (Å²) < 4.78 is 31.6. The first-order valence-corrected chi connectivity index (χ1v) is 5.36. The van der Waals surface area contributed by atoms with E-state index in [1.54, 1.807) is 18.2 Å². The first-order chi connectivity index (χ1) is 8.16. The molecule has 0 atom stereocenters. The summed E-state index contributed by atoms with van der Waals surface area (Å²) in [6.45, 7) is 0.0494. The Morgan fingerprint density at radius 2 is 1.76 bits per heavy atom. The molecule has 0 aliphatic carbocycles. The zero-order valence-corrected chi connectivity index (χ0v) is 9.55. The molecule has 2 rings (SSSR count). The summed E-state index contributed by atoms with van der Waals surface area (Å²) >= 11 is 5.53. The lowest BCUT2D eigenvalue weighted by Gasteiger charge is -2.07. The predicted molar refractivity (Wildman–Crippen MR) is 62.1 cm³/mol. The molecule has 0 heterocycles. The molecule has 0 unspecified atom stereocenters. The molecule has 0 N–H and O–H groups in total. The average Bonchev–Trinajstić information content (AvgIpc) is 2.32. The van der Waals surface area contributed by atoms with E-state index >= 15 is 0 Å². The van der Waals surface area contributed by atoms with E-state index in [0.29, 0.717) is 11.3 Å². The summed E-state index contributed by atoms with van der Waals surface area (Å²) in [7, 11) is 0. The van der Waals surface area contributed by atoms with E-state index < -0.39 is 5.82 Å². The molecule has 0 aromatic heterocycles. The van der Waals surface area contributed by atoms with Gasteiger partial charge in [-0.25, -0.2) is 8.78 Å². The summed E-state index contributed by atoms with van der Waals surface area (Å²) in [4.78, 5) is 0. The van der Waals surface area contributed by atoms with E-state index in [9.17, 15) is 8.78 Å². The van der Waals surface area contributed by atoms with Crippen molar-refractivity contribution in [3.8, 4) is 5.75 Å². The van der Waals surface area contributed by atoms with Gasteiger partial charge in [-0.15, -0.1) is 0 Å². The highest BCUT2D eigenvalue weighted by Gasteiger charge is 2.04. The molecule has 0 amide bonds. The van der Waals surface area contributed by atoms with Crippen LogP contribution in [0.1, 0.15) is 5.56 Å². The second kappa shape index (κ2) is 5.15. The number of benzene rings is 2. The topological polar surface area (TPSA) is 9.23 Å². The van der Waals surface area contributed by atoms with Gasteiger partial charge in [0.05, 0.1) is 5.02 Å². The van der Waals surface area contributed by atoms with Crippen molar-refractivity contribution < 1.29 is 13.5 Å². The lowest BCUT2D eigenvalue weighted by atomic mass is 10.2. The minimum Gasteiger partial charge on any atom is -0.489 e. The molecule has 4 heteroatoms. The highest BCUT2D eigenvalue weighted by Crippen LogP contribution is 2.21. The molecule has 0 saturated heterocycles.